The van der Waals surface area contributed by atoms with E-state index in [2.05, 4.69) is 20.2 Å². The second kappa shape index (κ2) is 9.86. The molecule has 3 heterocycles. The molecular formula is C23H23N5O4S. The number of amides is 3. The van der Waals surface area contributed by atoms with Crippen LogP contribution in [0.5, 0.6) is 0 Å². The fourth-order valence-corrected chi connectivity index (χ4v) is 4.37. The molecule has 0 bridgehead atoms. The number of anilines is 2. The number of piperazine rings is 1. The van der Waals surface area contributed by atoms with Gasteiger partial charge in [-0.05, 0) is 37.3 Å². The van der Waals surface area contributed by atoms with Gasteiger partial charge in [0.25, 0.3) is 5.91 Å². The average Bonchev–Trinajstić information content (AvgIpc) is 3.26. The summed E-state index contributed by atoms with van der Waals surface area (Å²) in [6.45, 7) is 4.14. The average molecular weight is 466 g/mol. The maximum absolute atomic E-state index is 12.7. The predicted molar refractivity (Wildman–Crippen MR) is 126 cm³/mol. The highest BCUT2D eigenvalue weighted by molar-refractivity contribution is 7.14. The number of nitrogens with one attached hydrogen (secondary N) is 1. The summed E-state index contributed by atoms with van der Waals surface area (Å²) < 4.78 is 0. The Morgan fingerprint density at radius 2 is 1.85 bits per heavy atom. The number of nitrogens with zero attached hydrogens (tertiary/aromatic N) is 4. The van der Waals surface area contributed by atoms with E-state index in [0.717, 1.165) is 5.69 Å². The zero-order valence-electron chi connectivity index (χ0n) is 18.1. The maximum atomic E-state index is 12.7. The van der Waals surface area contributed by atoms with E-state index in [0.29, 0.717) is 42.6 Å². The molecule has 2 aromatic rings. The molecule has 3 amide bonds. The molecule has 0 saturated carbocycles. The zero-order chi connectivity index (χ0) is 23.4. The minimum absolute atomic E-state index is 0.0236. The fourth-order valence-electron chi connectivity index (χ4n) is 3.66. The molecule has 4 rings (SSSR count). The van der Waals surface area contributed by atoms with Crippen LogP contribution in [0.2, 0.25) is 0 Å². The van der Waals surface area contributed by atoms with Gasteiger partial charge in [0, 0.05) is 49.0 Å². The highest BCUT2D eigenvalue weighted by atomic mass is 32.1. The quantitative estimate of drug-likeness (QED) is 0.516. The van der Waals surface area contributed by atoms with E-state index >= 15 is 0 Å². The molecule has 1 aromatic carbocycles. The van der Waals surface area contributed by atoms with Gasteiger partial charge in [0.05, 0.1) is 12.1 Å². The summed E-state index contributed by atoms with van der Waals surface area (Å²) in [5.41, 5.74) is 2.29. The van der Waals surface area contributed by atoms with Crippen LogP contribution in [0.1, 0.15) is 23.0 Å². The van der Waals surface area contributed by atoms with Crippen LogP contribution in [0.15, 0.2) is 46.8 Å². The number of allylic oxidation sites excluding steroid dienone is 1. The number of aromatic nitrogens is 1. The molecule has 2 aliphatic heterocycles. The summed E-state index contributed by atoms with van der Waals surface area (Å²) in [4.78, 5) is 60.1. The lowest BCUT2D eigenvalue weighted by Crippen LogP contribution is -2.49. The SMILES string of the molecule is CC(=O)c1ccc(N2CCN(C(=O)Cc3csc(NC(=O)C4C=CC=NC4=O)n3)CC2)cc1. The summed E-state index contributed by atoms with van der Waals surface area (Å²) >= 11 is 1.21. The monoisotopic (exact) mass is 465 g/mol. The van der Waals surface area contributed by atoms with Gasteiger partial charge < -0.3 is 15.1 Å². The van der Waals surface area contributed by atoms with Crippen LogP contribution in [-0.4, -0.2) is 65.8 Å². The van der Waals surface area contributed by atoms with Crippen LogP contribution in [0.25, 0.3) is 0 Å². The number of hydrogen-bond donors (Lipinski definition) is 1. The van der Waals surface area contributed by atoms with Crippen molar-refractivity contribution >= 4 is 51.9 Å². The lowest BCUT2D eigenvalue weighted by molar-refractivity contribution is -0.131. The van der Waals surface area contributed by atoms with Crippen LogP contribution in [0.4, 0.5) is 10.8 Å². The van der Waals surface area contributed by atoms with Crippen LogP contribution in [0.3, 0.4) is 0 Å². The number of dihydropyridines is 1. The van der Waals surface area contributed by atoms with E-state index in [1.54, 1.807) is 18.4 Å². The van der Waals surface area contributed by atoms with Crippen LogP contribution in [-0.2, 0) is 20.8 Å². The second-order valence-corrected chi connectivity index (χ2v) is 8.62. The summed E-state index contributed by atoms with van der Waals surface area (Å²) in [5, 5.41) is 4.70. The molecule has 1 atom stereocenters. The van der Waals surface area contributed by atoms with Gasteiger partial charge in [-0.2, -0.15) is 0 Å². The smallest absolute Gasteiger partial charge is 0.262 e. The molecule has 1 aromatic heterocycles. The topological polar surface area (TPSA) is 112 Å². The molecular weight excluding hydrogens is 442 g/mol. The molecule has 170 valence electrons. The van der Waals surface area contributed by atoms with Crippen molar-refractivity contribution in [3.8, 4) is 0 Å². The number of ketones is 1. The van der Waals surface area contributed by atoms with Crippen molar-refractivity contribution in [2.24, 2.45) is 10.9 Å². The van der Waals surface area contributed by atoms with Crippen molar-refractivity contribution in [3.05, 3.63) is 53.1 Å². The third-order valence-corrected chi connectivity index (χ3v) is 6.33. The molecule has 10 heteroatoms. The first-order valence-corrected chi connectivity index (χ1v) is 11.4. The molecule has 2 aliphatic rings. The molecule has 0 radical (unpaired) electrons. The predicted octanol–water partition coefficient (Wildman–Crippen LogP) is 1.96. The Kier molecular flexibility index (Phi) is 6.74. The number of carbonyl (C=O) groups excluding carboxylic acids is 4. The lowest BCUT2D eigenvalue weighted by Gasteiger charge is -2.36. The van der Waals surface area contributed by atoms with Crippen molar-refractivity contribution in [2.45, 2.75) is 13.3 Å². The van der Waals surface area contributed by atoms with Crippen molar-refractivity contribution in [1.82, 2.24) is 9.88 Å². The number of aliphatic imine (C=N–C) groups is 1. The fraction of sp³-hybridized carbons (Fsp3) is 0.304. The first-order chi connectivity index (χ1) is 15.9. The highest BCUT2D eigenvalue weighted by Crippen LogP contribution is 2.20. The Hall–Kier alpha value is -3.66. The Bertz CT molecular complexity index is 1130. The van der Waals surface area contributed by atoms with Crippen molar-refractivity contribution in [3.63, 3.8) is 0 Å². The van der Waals surface area contributed by atoms with Gasteiger partial charge in [0.15, 0.2) is 10.9 Å². The number of carbonyl (C=O) groups is 4. The number of Topliss-reactive ketones (excluding diaryl/α,β-unsaturated/α-hetero) is 1. The van der Waals surface area contributed by atoms with Gasteiger partial charge in [-0.25, -0.2) is 9.98 Å². The Morgan fingerprint density at radius 3 is 2.52 bits per heavy atom. The second-order valence-electron chi connectivity index (χ2n) is 7.76. The molecule has 33 heavy (non-hydrogen) atoms. The van der Waals surface area contributed by atoms with Crippen LogP contribution >= 0.6 is 11.3 Å². The van der Waals surface area contributed by atoms with Gasteiger partial charge in [0.1, 0.15) is 5.92 Å². The first kappa shape index (κ1) is 22.5. The van der Waals surface area contributed by atoms with E-state index in [9.17, 15) is 19.2 Å². The van der Waals surface area contributed by atoms with Gasteiger partial charge in [-0.3, -0.25) is 19.2 Å². The summed E-state index contributed by atoms with van der Waals surface area (Å²) in [6.07, 6.45) is 4.54. The van der Waals surface area contributed by atoms with Crippen molar-refractivity contribution in [1.29, 1.82) is 0 Å². The molecule has 1 N–H and O–H groups in total. The number of rotatable bonds is 6. The molecule has 1 saturated heterocycles. The van der Waals surface area contributed by atoms with Crippen LogP contribution < -0.4 is 10.2 Å². The van der Waals surface area contributed by atoms with Crippen molar-refractivity contribution < 1.29 is 19.2 Å². The molecule has 1 fully saturated rings. The Morgan fingerprint density at radius 1 is 1.12 bits per heavy atom. The van der Waals surface area contributed by atoms with E-state index in [-0.39, 0.29) is 18.1 Å². The normalized spacial score (nSPS) is 17.8. The van der Waals surface area contributed by atoms with E-state index in [1.165, 1.54) is 23.6 Å². The van der Waals surface area contributed by atoms with Gasteiger partial charge in [-0.1, -0.05) is 6.08 Å². The number of thiazole rings is 1. The molecule has 0 spiro atoms. The Labute approximate surface area is 194 Å². The Balaban J connectivity index is 1.27. The van der Waals surface area contributed by atoms with Crippen molar-refractivity contribution in [2.75, 3.05) is 36.4 Å². The van der Waals surface area contributed by atoms with Gasteiger partial charge >= 0.3 is 0 Å². The van der Waals surface area contributed by atoms with E-state index < -0.39 is 17.7 Å². The molecule has 9 nitrogen and oxygen atoms in total. The van der Waals surface area contributed by atoms with E-state index in [4.69, 9.17) is 0 Å². The first-order valence-electron chi connectivity index (χ1n) is 10.5. The van der Waals surface area contributed by atoms with E-state index in [1.807, 2.05) is 29.2 Å². The molecule has 1 unspecified atom stereocenters. The minimum Gasteiger partial charge on any atom is -0.368 e. The minimum atomic E-state index is -0.959. The zero-order valence-corrected chi connectivity index (χ0v) is 18.9. The summed E-state index contributed by atoms with van der Waals surface area (Å²) in [7, 11) is 0. The number of hydrogen-bond acceptors (Lipinski definition) is 7. The molecule has 0 aliphatic carbocycles. The number of benzene rings is 1. The van der Waals surface area contributed by atoms with Crippen LogP contribution in [0, 0.1) is 5.92 Å². The van der Waals surface area contributed by atoms with Gasteiger partial charge in [0.2, 0.25) is 11.8 Å². The maximum Gasteiger partial charge on any atom is 0.262 e. The third kappa shape index (κ3) is 5.40. The van der Waals surface area contributed by atoms with Gasteiger partial charge in [-0.15, -0.1) is 11.3 Å². The lowest BCUT2D eigenvalue weighted by atomic mass is 10.1. The summed E-state index contributed by atoms with van der Waals surface area (Å²) in [5.74, 6) is -1.96. The highest BCUT2D eigenvalue weighted by Gasteiger charge is 2.26. The third-order valence-electron chi connectivity index (χ3n) is 5.53. The standard InChI is InChI=1S/C23H23N5O4S/c1-15(29)16-4-6-18(7-5-16)27-9-11-28(12-10-27)20(30)13-17-14-33-23(25-17)26-22(32)19-3-2-8-24-21(19)31/h2-8,14,19H,9-13H2,1H3,(H,25,26,32). The largest absolute Gasteiger partial charge is 0.368 e. The summed E-state index contributed by atoms with van der Waals surface area (Å²) in [6, 6.07) is 7.51.